The van der Waals surface area contributed by atoms with E-state index in [4.69, 9.17) is 22.1 Å². The second-order valence-electron chi connectivity index (χ2n) is 7.12. The highest BCUT2D eigenvalue weighted by molar-refractivity contribution is 6.31. The Morgan fingerprint density at radius 1 is 1.03 bits per heavy atom. The zero-order chi connectivity index (χ0) is 24.0. The Morgan fingerprint density at radius 3 is 2.42 bits per heavy atom. The molecule has 1 aromatic heterocycles. The Balaban J connectivity index is 1.51. The molecule has 0 saturated carbocycles. The summed E-state index contributed by atoms with van der Waals surface area (Å²) in [6.07, 6.45) is -1.20. The summed E-state index contributed by atoms with van der Waals surface area (Å²) in [5.41, 5.74) is 6.07. The van der Waals surface area contributed by atoms with Gasteiger partial charge in [0.2, 0.25) is 11.8 Å². The minimum Gasteiger partial charge on any atom is -0.489 e. The molecule has 0 aliphatic heterocycles. The number of amides is 2. The zero-order valence-electron chi connectivity index (χ0n) is 17.2. The van der Waals surface area contributed by atoms with Crippen LogP contribution in [0.2, 0.25) is 5.02 Å². The molecule has 0 fully saturated rings. The van der Waals surface area contributed by atoms with Gasteiger partial charge >= 0.3 is 6.18 Å². The molecule has 0 bridgehead atoms. The number of benzene rings is 2. The first-order valence-corrected chi connectivity index (χ1v) is 10.1. The number of ether oxygens (including phenoxy) is 1. The van der Waals surface area contributed by atoms with Gasteiger partial charge in [0, 0.05) is 30.1 Å². The maximum Gasteiger partial charge on any atom is 0.417 e. The number of primary amides is 1. The van der Waals surface area contributed by atoms with Gasteiger partial charge in [-0.25, -0.2) is 0 Å². The van der Waals surface area contributed by atoms with E-state index in [9.17, 15) is 22.8 Å². The summed E-state index contributed by atoms with van der Waals surface area (Å²) in [4.78, 5) is 27.3. The van der Waals surface area contributed by atoms with Crippen molar-refractivity contribution in [1.82, 2.24) is 4.98 Å². The topological polar surface area (TPSA) is 94.3 Å². The minimum absolute atomic E-state index is 0.0235. The quantitative estimate of drug-likeness (QED) is 0.477. The largest absolute Gasteiger partial charge is 0.489 e. The van der Waals surface area contributed by atoms with Crippen LogP contribution in [0.5, 0.6) is 5.75 Å². The number of carbonyl (C=O) groups excluding carboxylic acids is 2. The van der Waals surface area contributed by atoms with E-state index in [1.54, 1.807) is 36.5 Å². The number of carbonyl (C=O) groups is 2. The van der Waals surface area contributed by atoms with Crippen LogP contribution in [0.25, 0.3) is 0 Å². The fraction of sp³-hybridized carbons (Fsp3) is 0.174. The van der Waals surface area contributed by atoms with Crippen LogP contribution in [0.4, 0.5) is 18.9 Å². The molecule has 0 unspecified atom stereocenters. The fourth-order valence-electron chi connectivity index (χ4n) is 2.92. The monoisotopic (exact) mass is 477 g/mol. The maximum atomic E-state index is 12.9. The molecule has 0 saturated heterocycles. The van der Waals surface area contributed by atoms with Crippen LogP contribution in [0.1, 0.15) is 33.5 Å². The normalized spacial score (nSPS) is 11.2. The number of anilines is 1. The highest BCUT2D eigenvalue weighted by atomic mass is 35.5. The summed E-state index contributed by atoms with van der Waals surface area (Å²) < 4.78 is 44.5. The van der Waals surface area contributed by atoms with Gasteiger partial charge in [0.25, 0.3) is 0 Å². The van der Waals surface area contributed by atoms with Crippen molar-refractivity contribution in [2.75, 3.05) is 5.32 Å². The number of aryl methyl sites for hydroxylation is 1. The van der Waals surface area contributed by atoms with Crippen LogP contribution in [-0.2, 0) is 24.0 Å². The Bertz CT molecular complexity index is 1150. The van der Waals surface area contributed by atoms with Crippen LogP contribution < -0.4 is 15.8 Å². The van der Waals surface area contributed by atoms with Crippen LogP contribution in [-0.4, -0.2) is 16.8 Å². The first-order valence-electron chi connectivity index (χ1n) is 9.74. The van der Waals surface area contributed by atoms with Gasteiger partial charge in [0.15, 0.2) is 0 Å². The second kappa shape index (κ2) is 10.4. The molecule has 33 heavy (non-hydrogen) atoms. The van der Waals surface area contributed by atoms with E-state index in [0.717, 1.165) is 17.7 Å². The van der Waals surface area contributed by atoms with E-state index in [1.807, 2.05) is 0 Å². The molecule has 0 atom stereocenters. The minimum atomic E-state index is -4.61. The molecule has 10 heteroatoms. The van der Waals surface area contributed by atoms with Gasteiger partial charge in [-0.3, -0.25) is 14.6 Å². The van der Waals surface area contributed by atoms with E-state index >= 15 is 0 Å². The summed E-state index contributed by atoms with van der Waals surface area (Å²) in [7, 11) is 0. The maximum absolute atomic E-state index is 12.9. The van der Waals surface area contributed by atoms with Gasteiger partial charge in [-0.2, -0.15) is 13.2 Å². The summed E-state index contributed by atoms with van der Waals surface area (Å²) in [5, 5.41) is 2.02. The van der Waals surface area contributed by atoms with E-state index in [1.165, 1.54) is 12.3 Å². The number of nitrogens with one attached hydrogen (secondary N) is 1. The molecule has 172 valence electrons. The Hall–Kier alpha value is -3.59. The van der Waals surface area contributed by atoms with Crippen LogP contribution in [0.3, 0.4) is 0 Å². The molecule has 3 aromatic rings. The van der Waals surface area contributed by atoms with Crippen LogP contribution in [0.15, 0.2) is 60.9 Å². The molecule has 0 spiro atoms. The van der Waals surface area contributed by atoms with E-state index in [-0.39, 0.29) is 24.3 Å². The highest BCUT2D eigenvalue weighted by Crippen LogP contribution is 2.36. The van der Waals surface area contributed by atoms with Crippen molar-refractivity contribution in [3.8, 4) is 5.75 Å². The van der Waals surface area contributed by atoms with Crippen molar-refractivity contribution in [1.29, 1.82) is 0 Å². The smallest absolute Gasteiger partial charge is 0.417 e. The molecule has 3 N–H and O–H groups in total. The standard InChI is InChI=1S/C23H19ClF3N3O3/c24-20-7-4-17(10-19(20)23(25,26)27)30-21(31)8-3-14-1-5-18(6-2-14)33-13-15-9-16(22(28)32)12-29-11-15/h1-2,4-7,9-12H,3,8,13H2,(H2,28,32)(H,30,31). The second-order valence-corrected chi connectivity index (χ2v) is 7.53. The number of nitrogens with zero attached hydrogens (tertiary/aromatic N) is 1. The van der Waals surface area contributed by atoms with Crippen molar-refractivity contribution in [3.63, 3.8) is 0 Å². The van der Waals surface area contributed by atoms with Crippen LogP contribution in [0, 0.1) is 0 Å². The lowest BCUT2D eigenvalue weighted by molar-refractivity contribution is -0.137. The summed E-state index contributed by atoms with van der Waals surface area (Å²) in [5.74, 6) is -0.421. The van der Waals surface area contributed by atoms with Gasteiger partial charge in [0.05, 0.1) is 16.1 Å². The molecule has 6 nitrogen and oxygen atoms in total. The summed E-state index contributed by atoms with van der Waals surface area (Å²) in [6.45, 7) is 0.191. The first-order chi connectivity index (χ1) is 15.6. The van der Waals surface area contributed by atoms with Crippen molar-refractivity contribution in [2.45, 2.75) is 25.6 Å². The molecule has 3 rings (SSSR count). The average Bonchev–Trinajstić information content (AvgIpc) is 2.77. The molecule has 0 aliphatic rings. The molecular formula is C23H19ClF3N3O3. The van der Waals surface area contributed by atoms with Crippen molar-refractivity contribution >= 4 is 29.1 Å². The number of hydrogen-bond acceptors (Lipinski definition) is 4. The van der Waals surface area contributed by atoms with Crippen molar-refractivity contribution < 1.29 is 27.5 Å². The predicted octanol–water partition coefficient (Wildman–Crippen LogP) is 5.00. The summed E-state index contributed by atoms with van der Waals surface area (Å²) >= 11 is 5.58. The fourth-order valence-corrected chi connectivity index (χ4v) is 3.15. The lowest BCUT2D eigenvalue weighted by Crippen LogP contribution is -2.14. The van der Waals surface area contributed by atoms with Gasteiger partial charge in [-0.1, -0.05) is 23.7 Å². The average molecular weight is 478 g/mol. The van der Waals surface area contributed by atoms with Crippen LogP contribution >= 0.6 is 11.6 Å². The number of pyridine rings is 1. The summed E-state index contributed by atoms with van der Waals surface area (Å²) in [6, 6.07) is 11.8. The van der Waals surface area contributed by atoms with Gasteiger partial charge < -0.3 is 15.8 Å². The number of halogens is 4. The van der Waals surface area contributed by atoms with Gasteiger partial charge in [-0.05, 0) is 48.4 Å². The predicted molar refractivity (Wildman–Crippen MR) is 117 cm³/mol. The molecule has 0 radical (unpaired) electrons. The number of nitrogens with two attached hydrogens (primary N) is 1. The molecule has 1 heterocycles. The third-order valence-electron chi connectivity index (χ3n) is 4.60. The van der Waals surface area contributed by atoms with Gasteiger partial charge in [-0.15, -0.1) is 0 Å². The van der Waals surface area contributed by atoms with E-state index < -0.39 is 28.6 Å². The third-order valence-corrected chi connectivity index (χ3v) is 4.93. The van der Waals surface area contributed by atoms with Crippen molar-refractivity contribution in [3.05, 3.63) is 88.2 Å². The highest BCUT2D eigenvalue weighted by Gasteiger charge is 2.33. The van der Waals surface area contributed by atoms with E-state index in [2.05, 4.69) is 10.3 Å². The first kappa shape index (κ1) is 24.1. The number of aromatic nitrogens is 1. The molecule has 0 aliphatic carbocycles. The van der Waals surface area contributed by atoms with E-state index in [0.29, 0.717) is 17.7 Å². The third kappa shape index (κ3) is 6.95. The number of rotatable bonds is 8. The SMILES string of the molecule is NC(=O)c1cncc(COc2ccc(CCC(=O)Nc3ccc(Cl)c(C(F)(F)F)c3)cc2)c1. The zero-order valence-corrected chi connectivity index (χ0v) is 17.9. The van der Waals surface area contributed by atoms with Crippen molar-refractivity contribution in [2.24, 2.45) is 5.73 Å². The Kier molecular flexibility index (Phi) is 7.55. The Labute approximate surface area is 192 Å². The Morgan fingerprint density at radius 2 is 1.76 bits per heavy atom. The van der Waals surface area contributed by atoms with Gasteiger partial charge in [0.1, 0.15) is 12.4 Å². The number of alkyl halides is 3. The molecule has 2 aromatic carbocycles. The number of hydrogen-bond donors (Lipinski definition) is 2. The lowest BCUT2D eigenvalue weighted by atomic mass is 10.1. The molecular weight excluding hydrogens is 459 g/mol. The molecule has 2 amide bonds. The lowest BCUT2D eigenvalue weighted by Gasteiger charge is -2.12.